The molecule has 0 aliphatic carbocycles. The summed E-state index contributed by atoms with van der Waals surface area (Å²) in [7, 11) is 0. The van der Waals surface area contributed by atoms with Crippen molar-refractivity contribution in [2.24, 2.45) is 0 Å². The Morgan fingerprint density at radius 2 is 0.333 bits per heavy atom. The second kappa shape index (κ2) is 58.3. The van der Waals surface area contributed by atoms with Crippen LogP contribution in [0.4, 0.5) is 0 Å². The Kier molecular flexibility index (Phi) is 57.7. The van der Waals surface area contributed by atoms with Gasteiger partial charge < -0.3 is 80.9 Å². The lowest BCUT2D eigenvalue weighted by Gasteiger charge is -2.09. The van der Waals surface area contributed by atoms with E-state index in [9.17, 15) is 0 Å². The molecular formula is C43H88O17. The number of aliphatic hydroxyl groups excluding tert-OH is 1. The van der Waals surface area contributed by atoms with Crippen molar-refractivity contribution in [1.29, 1.82) is 0 Å². The highest BCUT2D eigenvalue weighted by atomic mass is 16.6. The van der Waals surface area contributed by atoms with Crippen molar-refractivity contribution in [3.05, 3.63) is 0 Å². The predicted molar refractivity (Wildman–Crippen MR) is 227 cm³/mol. The lowest BCUT2D eigenvalue weighted by atomic mass is 10.1. The van der Waals surface area contributed by atoms with Crippen molar-refractivity contribution in [3.63, 3.8) is 0 Å². The van der Waals surface area contributed by atoms with Crippen molar-refractivity contribution in [3.8, 4) is 0 Å². The van der Waals surface area contributed by atoms with Gasteiger partial charge in [-0.25, -0.2) is 0 Å². The van der Waals surface area contributed by atoms with E-state index >= 15 is 0 Å². The van der Waals surface area contributed by atoms with Gasteiger partial charge in [0.15, 0.2) is 0 Å². The molecule has 1 N–H and O–H groups in total. The molecule has 0 saturated carbocycles. The highest BCUT2D eigenvalue weighted by Gasteiger charge is 1.99. The van der Waals surface area contributed by atoms with Gasteiger partial charge in [0.25, 0.3) is 0 Å². The second-order valence-electron chi connectivity index (χ2n) is 13.3. The molecular weight excluding hydrogens is 788 g/mol. The summed E-state index contributed by atoms with van der Waals surface area (Å²) in [4.78, 5) is 0. The van der Waals surface area contributed by atoms with Crippen LogP contribution < -0.4 is 0 Å². The molecule has 0 aromatic rings. The Morgan fingerprint density at radius 3 is 0.517 bits per heavy atom. The minimum Gasteiger partial charge on any atom is -0.394 e. The standard InChI is InChI=1S/C43H88O17/c1-2-3-4-5-6-7-8-9-10-12-45-14-16-47-18-20-49-22-24-51-26-28-53-30-32-55-34-36-57-38-40-59-42-43-60-41-39-58-37-35-56-33-31-54-29-27-52-25-23-50-21-19-48-17-15-46-13-11-44/h44H,2-43H2,1H3. The van der Waals surface area contributed by atoms with Crippen molar-refractivity contribution in [2.75, 3.05) is 218 Å². The highest BCUT2D eigenvalue weighted by Crippen LogP contribution is 2.09. The van der Waals surface area contributed by atoms with Gasteiger partial charge in [0.05, 0.1) is 211 Å². The van der Waals surface area contributed by atoms with Crippen molar-refractivity contribution in [1.82, 2.24) is 0 Å². The van der Waals surface area contributed by atoms with Gasteiger partial charge in [0, 0.05) is 6.61 Å². The molecule has 0 fully saturated rings. The smallest absolute Gasteiger partial charge is 0.0701 e. The molecule has 0 radical (unpaired) electrons. The molecule has 60 heavy (non-hydrogen) atoms. The van der Waals surface area contributed by atoms with Gasteiger partial charge in [-0.1, -0.05) is 58.3 Å². The maximum absolute atomic E-state index is 8.60. The molecule has 0 aliphatic rings. The fourth-order valence-corrected chi connectivity index (χ4v) is 4.98. The van der Waals surface area contributed by atoms with Crippen molar-refractivity contribution >= 4 is 0 Å². The van der Waals surface area contributed by atoms with Crippen LogP contribution in [-0.2, 0) is 75.8 Å². The summed E-state index contributed by atoms with van der Waals surface area (Å²) < 4.78 is 87.6. The minimum atomic E-state index is 0.0228. The maximum atomic E-state index is 8.60. The summed E-state index contributed by atoms with van der Waals surface area (Å²) in [5.41, 5.74) is 0. The van der Waals surface area contributed by atoms with E-state index in [0.29, 0.717) is 205 Å². The molecule has 0 atom stereocenters. The molecule has 362 valence electrons. The average molecular weight is 877 g/mol. The number of unbranched alkanes of at least 4 members (excludes halogenated alkanes) is 8. The van der Waals surface area contributed by atoms with Crippen LogP contribution in [0.3, 0.4) is 0 Å². The summed E-state index contributed by atoms with van der Waals surface area (Å²) in [6.07, 6.45) is 11.9. The quantitative estimate of drug-likeness (QED) is 0.0877. The highest BCUT2D eigenvalue weighted by molar-refractivity contribution is 4.47. The first-order valence-corrected chi connectivity index (χ1v) is 22.8. The first-order valence-electron chi connectivity index (χ1n) is 22.8. The van der Waals surface area contributed by atoms with Crippen LogP contribution in [0.25, 0.3) is 0 Å². The Balaban J connectivity index is 3.06. The summed E-state index contributed by atoms with van der Waals surface area (Å²) in [6.45, 7) is 18.9. The molecule has 0 amide bonds. The molecule has 0 saturated heterocycles. The van der Waals surface area contributed by atoms with Gasteiger partial charge in [-0.05, 0) is 6.42 Å². The molecule has 0 aromatic heterocycles. The monoisotopic (exact) mass is 877 g/mol. The summed E-state index contributed by atoms with van der Waals surface area (Å²) in [5, 5.41) is 8.60. The lowest BCUT2D eigenvalue weighted by molar-refractivity contribution is -0.0305. The molecule has 0 bridgehead atoms. The van der Waals surface area contributed by atoms with E-state index < -0.39 is 0 Å². The van der Waals surface area contributed by atoms with E-state index in [-0.39, 0.29) is 6.61 Å². The predicted octanol–water partition coefficient (Wildman–Crippen LogP) is 3.78. The largest absolute Gasteiger partial charge is 0.394 e. The number of aliphatic hydroxyl groups is 1. The van der Waals surface area contributed by atoms with E-state index in [0.717, 1.165) is 13.0 Å². The topological polar surface area (TPSA) is 168 Å². The SMILES string of the molecule is CCCCCCCCCCCOCCOCCOCCOCCOCCOCCOCCOCCOCCOCCOCCOCCOCCOCCOCCOCCO. The van der Waals surface area contributed by atoms with Crippen LogP contribution in [0.15, 0.2) is 0 Å². The Hall–Kier alpha value is -0.680. The Bertz CT molecular complexity index is 673. The molecule has 0 aliphatic heterocycles. The maximum Gasteiger partial charge on any atom is 0.0701 e. The van der Waals surface area contributed by atoms with E-state index in [2.05, 4.69) is 6.92 Å². The zero-order valence-electron chi connectivity index (χ0n) is 37.7. The summed E-state index contributed by atoms with van der Waals surface area (Å²) >= 11 is 0. The summed E-state index contributed by atoms with van der Waals surface area (Å²) in [5.74, 6) is 0. The van der Waals surface area contributed by atoms with Crippen LogP contribution in [0, 0.1) is 0 Å². The first kappa shape index (κ1) is 59.3. The van der Waals surface area contributed by atoms with Gasteiger partial charge in [-0.3, -0.25) is 0 Å². The van der Waals surface area contributed by atoms with Gasteiger partial charge in [-0.2, -0.15) is 0 Å². The minimum absolute atomic E-state index is 0.0228. The lowest BCUT2D eigenvalue weighted by Crippen LogP contribution is -2.16. The number of hydrogen-bond donors (Lipinski definition) is 1. The zero-order chi connectivity index (χ0) is 43.0. The molecule has 17 nitrogen and oxygen atoms in total. The van der Waals surface area contributed by atoms with E-state index in [1.165, 1.54) is 51.4 Å². The third-order valence-electron chi connectivity index (χ3n) is 8.21. The van der Waals surface area contributed by atoms with Crippen LogP contribution in [-0.4, -0.2) is 223 Å². The molecule has 0 heterocycles. The number of ether oxygens (including phenoxy) is 16. The second-order valence-corrected chi connectivity index (χ2v) is 13.3. The Labute approximate surface area is 363 Å². The van der Waals surface area contributed by atoms with E-state index in [4.69, 9.17) is 80.9 Å². The van der Waals surface area contributed by atoms with Gasteiger partial charge in [-0.15, -0.1) is 0 Å². The van der Waals surface area contributed by atoms with Crippen LogP contribution in [0.1, 0.15) is 64.7 Å². The van der Waals surface area contributed by atoms with Gasteiger partial charge >= 0.3 is 0 Å². The molecule has 17 heteroatoms. The fraction of sp³-hybridized carbons (Fsp3) is 1.00. The Morgan fingerprint density at radius 1 is 0.183 bits per heavy atom. The van der Waals surface area contributed by atoms with Crippen molar-refractivity contribution < 1.29 is 80.9 Å². The van der Waals surface area contributed by atoms with Crippen molar-refractivity contribution in [2.45, 2.75) is 64.7 Å². The van der Waals surface area contributed by atoms with Gasteiger partial charge in [0.1, 0.15) is 0 Å². The van der Waals surface area contributed by atoms with Crippen LogP contribution >= 0.6 is 0 Å². The van der Waals surface area contributed by atoms with Crippen LogP contribution in [0.2, 0.25) is 0 Å². The zero-order valence-corrected chi connectivity index (χ0v) is 37.7. The first-order chi connectivity index (χ1) is 29.9. The normalized spacial score (nSPS) is 11.7. The third-order valence-corrected chi connectivity index (χ3v) is 8.21. The van der Waals surface area contributed by atoms with E-state index in [1.54, 1.807) is 0 Å². The van der Waals surface area contributed by atoms with E-state index in [1.807, 2.05) is 0 Å². The van der Waals surface area contributed by atoms with Gasteiger partial charge in [0.2, 0.25) is 0 Å². The number of hydrogen-bond acceptors (Lipinski definition) is 17. The fourth-order valence-electron chi connectivity index (χ4n) is 4.98. The average Bonchev–Trinajstić information content (AvgIpc) is 3.26. The molecule has 0 rings (SSSR count). The van der Waals surface area contributed by atoms with Crippen LogP contribution in [0.5, 0.6) is 0 Å². The summed E-state index contributed by atoms with van der Waals surface area (Å²) in [6, 6.07) is 0. The molecule has 0 spiro atoms. The molecule has 0 aromatic carbocycles. The third kappa shape index (κ3) is 57.3. The number of rotatable bonds is 57. The molecule has 0 unspecified atom stereocenters.